The molecule has 2 aromatic rings. The maximum absolute atomic E-state index is 14.9. The summed E-state index contributed by atoms with van der Waals surface area (Å²) in [4.78, 5) is 13.8. The van der Waals surface area contributed by atoms with Crippen LogP contribution in [0.15, 0.2) is 48.5 Å². The minimum Gasteiger partial charge on any atom is -0.445 e. The highest BCUT2D eigenvalue weighted by Gasteiger charge is 2.46. The highest BCUT2D eigenvalue weighted by atomic mass is 35.5. The number of nitrogens with zero attached hydrogens (tertiary/aromatic N) is 1. The lowest BCUT2D eigenvalue weighted by Gasteiger charge is -2.28. The fraction of sp³-hybridized carbons (Fsp3) is 0.381. The highest BCUT2D eigenvalue weighted by molar-refractivity contribution is 7.89. The van der Waals surface area contributed by atoms with Gasteiger partial charge in [-0.2, -0.15) is 0 Å². The summed E-state index contributed by atoms with van der Waals surface area (Å²) >= 11 is 5.84. The van der Waals surface area contributed by atoms with E-state index >= 15 is 0 Å². The molecule has 6 nitrogen and oxygen atoms in total. The number of benzene rings is 2. The van der Waals surface area contributed by atoms with E-state index in [0.29, 0.717) is 0 Å². The molecule has 0 saturated carbocycles. The molecule has 1 heterocycles. The molecule has 0 radical (unpaired) electrons. The Kier molecular flexibility index (Phi) is 7.51. The molecule has 1 amide bonds. The summed E-state index contributed by atoms with van der Waals surface area (Å²) in [6.45, 7) is 1.01. The van der Waals surface area contributed by atoms with Gasteiger partial charge in [-0.25, -0.2) is 26.7 Å². The monoisotopic (exact) mass is 472 g/mol. The van der Waals surface area contributed by atoms with E-state index in [9.17, 15) is 22.0 Å². The number of sulfonamides is 1. The van der Waals surface area contributed by atoms with Gasteiger partial charge in [0.2, 0.25) is 10.0 Å². The van der Waals surface area contributed by atoms with E-state index in [1.807, 2.05) is 6.07 Å². The second kappa shape index (κ2) is 9.93. The summed E-state index contributed by atoms with van der Waals surface area (Å²) in [6.07, 6.45) is -2.63. The number of carbonyl (C=O) groups is 1. The Hall–Kier alpha value is -2.23. The highest BCUT2D eigenvalue weighted by Crippen LogP contribution is 2.28. The van der Waals surface area contributed by atoms with Crippen LogP contribution in [0.25, 0.3) is 0 Å². The van der Waals surface area contributed by atoms with Gasteiger partial charge in [-0.15, -0.1) is 0 Å². The number of likely N-dealkylation sites (tertiary alicyclic amines) is 1. The zero-order valence-electron chi connectivity index (χ0n) is 16.8. The maximum Gasteiger partial charge on any atom is 0.410 e. The number of halogens is 3. The van der Waals surface area contributed by atoms with Gasteiger partial charge < -0.3 is 9.64 Å². The van der Waals surface area contributed by atoms with Gasteiger partial charge in [0.25, 0.3) is 0 Å². The first-order valence-corrected chi connectivity index (χ1v) is 11.8. The quantitative estimate of drug-likeness (QED) is 0.667. The third-order valence-corrected chi connectivity index (χ3v) is 6.85. The van der Waals surface area contributed by atoms with Gasteiger partial charge >= 0.3 is 6.09 Å². The predicted molar refractivity (Wildman–Crippen MR) is 114 cm³/mol. The van der Waals surface area contributed by atoms with Crippen LogP contribution in [0.4, 0.5) is 13.6 Å². The van der Waals surface area contributed by atoms with Gasteiger partial charge in [-0.1, -0.05) is 54.1 Å². The summed E-state index contributed by atoms with van der Waals surface area (Å²) in [6, 6.07) is 11.1. The van der Waals surface area contributed by atoms with Crippen LogP contribution < -0.4 is 4.72 Å². The molecular formula is C21H23ClF2N2O4S. The lowest BCUT2D eigenvalue weighted by atomic mass is 10.00. The number of hydrogen-bond acceptors (Lipinski definition) is 4. The van der Waals surface area contributed by atoms with Crippen molar-refractivity contribution in [2.24, 2.45) is 0 Å². The minimum absolute atomic E-state index is 0.0310. The van der Waals surface area contributed by atoms with E-state index in [2.05, 4.69) is 4.72 Å². The zero-order valence-corrected chi connectivity index (χ0v) is 18.4. The second-order valence-electron chi connectivity index (χ2n) is 7.24. The standard InChI is InChI=1S/C21H23ClF2N2O4S/c1-2-31(28,29)25-20-17(23)12-26(21(27)30-13-14-7-4-3-5-8-14)18(20)11-15-9-6-10-16(22)19(15)24/h3-10,17-18,20,25H,2,11-13H2,1H3/t17?,18-,20?/m0/s1. The molecular weight excluding hydrogens is 450 g/mol. The van der Waals surface area contributed by atoms with Crippen LogP contribution >= 0.6 is 11.6 Å². The molecule has 1 N–H and O–H groups in total. The number of hydrogen-bond donors (Lipinski definition) is 1. The Labute approximate surface area is 185 Å². The lowest BCUT2D eigenvalue weighted by Crippen LogP contribution is -2.50. The Morgan fingerprint density at radius 3 is 2.61 bits per heavy atom. The van der Waals surface area contributed by atoms with Crippen molar-refractivity contribution in [1.82, 2.24) is 9.62 Å². The average Bonchev–Trinajstić information content (AvgIpc) is 3.05. The molecule has 1 aliphatic rings. The Balaban J connectivity index is 1.85. The molecule has 0 aromatic heterocycles. The van der Waals surface area contributed by atoms with Crippen molar-refractivity contribution < 1.29 is 26.7 Å². The molecule has 1 aliphatic heterocycles. The molecule has 3 rings (SSSR count). The van der Waals surface area contributed by atoms with E-state index in [-0.39, 0.29) is 35.9 Å². The van der Waals surface area contributed by atoms with Crippen LogP contribution in [0.1, 0.15) is 18.1 Å². The smallest absolute Gasteiger partial charge is 0.410 e. The summed E-state index contributed by atoms with van der Waals surface area (Å²) in [7, 11) is -3.77. The first-order chi connectivity index (χ1) is 14.7. The second-order valence-corrected chi connectivity index (χ2v) is 9.69. The molecule has 10 heteroatoms. The van der Waals surface area contributed by atoms with Crippen LogP contribution in [0.3, 0.4) is 0 Å². The van der Waals surface area contributed by atoms with E-state index in [4.69, 9.17) is 16.3 Å². The number of alkyl halides is 1. The van der Waals surface area contributed by atoms with Crippen molar-refractivity contribution in [1.29, 1.82) is 0 Å². The van der Waals surface area contributed by atoms with Gasteiger partial charge in [-0.05, 0) is 30.5 Å². The van der Waals surface area contributed by atoms with Crippen molar-refractivity contribution >= 4 is 27.7 Å². The Morgan fingerprint density at radius 1 is 1.23 bits per heavy atom. The SMILES string of the molecule is CCS(=O)(=O)NC1C(F)CN(C(=O)OCc2ccccc2)[C@H]1Cc1cccc(Cl)c1F. The van der Waals surface area contributed by atoms with Crippen LogP contribution in [0, 0.1) is 5.82 Å². The molecule has 0 bridgehead atoms. The van der Waals surface area contributed by atoms with Crippen molar-refractivity contribution in [3.8, 4) is 0 Å². The van der Waals surface area contributed by atoms with Gasteiger partial charge in [0.05, 0.1) is 29.4 Å². The largest absolute Gasteiger partial charge is 0.445 e. The van der Waals surface area contributed by atoms with Crippen molar-refractivity contribution in [3.05, 3.63) is 70.5 Å². The van der Waals surface area contributed by atoms with Crippen molar-refractivity contribution in [2.45, 2.75) is 38.2 Å². The molecule has 1 fully saturated rings. The normalized spacial score (nSPS) is 21.3. The minimum atomic E-state index is -3.77. The predicted octanol–water partition coefficient (Wildman–Crippen LogP) is 3.69. The molecule has 168 valence electrons. The first kappa shape index (κ1) is 23.4. The summed E-state index contributed by atoms with van der Waals surface area (Å²) in [5.74, 6) is -0.950. The van der Waals surface area contributed by atoms with Gasteiger partial charge in [0, 0.05) is 0 Å². The number of amides is 1. The van der Waals surface area contributed by atoms with Crippen LogP contribution in [-0.2, 0) is 27.8 Å². The molecule has 2 unspecified atom stereocenters. The Bertz CT molecular complexity index is 1020. The molecule has 0 spiro atoms. The average molecular weight is 473 g/mol. The number of nitrogens with one attached hydrogen (secondary N) is 1. The first-order valence-electron chi connectivity index (χ1n) is 9.76. The van der Waals surface area contributed by atoms with Gasteiger partial charge in [0.1, 0.15) is 18.6 Å². The van der Waals surface area contributed by atoms with Crippen molar-refractivity contribution in [3.63, 3.8) is 0 Å². The number of carbonyl (C=O) groups excluding carboxylic acids is 1. The van der Waals surface area contributed by atoms with Crippen LogP contribution in [-0.4, -0.2) is 50.0 Å². The fourth-order valence-corrected chi connectivity index (χ4v) is 4.58. The third kappa shape index (κ3) is 5.72. The molecule has 0 aliphatic carbocycles. The fourth-order valence-electron chi connectivity index (χ4n) is 3.50. The molecule has 31 heavy (non-hydrogen) atoms. The van der Waals surface area contributed by atoms with E-state index in [1.54, 1.807) is 24.3 Å². The number of ether oxygens (including phenoxy) is 1. The van der Waals surface area contributed by atoms with Gasteiger partial charge in [0.15, 0.2) is 0 Å². The van der Waals surface area contributed by atoms with E-state index in [1.165, 1.54) is 25.1 Å². The molecule has 2 aromatic carbocycles. The topological polar surface area (TPSA) is 75.7 Å². The van der Waals surface area contributed by atoms with Crippen LogP contribution in [0.2, 0.25) is 5.02 Å². The zero-order chi connectivity index (χ0) is 22.6. The van der Waals surface area contributed by atoms with E-state index in [0.717, 1.165) is 10.5 Å². The third-order valence-electron chi connectivity index (χ3n) is 5.17. The number of rotatable bonds is 7. The maximum atomic E-state index is 14.9. The van der Waals surface area contributed by atoms with Gasteiger partial charge in [-0.3, -0.25) is 0 Å². The van der Waals surface area contributed by atoms with Crippen LogP contribution in [0.5, 0.6) is 0 Å². The molecule has 3 atom stereocenters. The Morgan fingerprint density at radius 2 is 1.94 bits per heavy atom. The lowest BCUT2D eigenvalue weighted by molar-refractivity contribution is 0.0894. The van der Waals surface area contributed by atoms with Crippen molar-refractivity contribution in [2.75, 3.05) is 12.3 Å². The summed E-state index contributed by atoms with van der Waals surface area (Å²) in [5.41, 5.74) is 0.890. The molecule has 1 saturated heterocycles. The summed E-state index contributed by atoms with van der Waals surface area (Å²) < 4.78 is 61.2. The van der Waals surface area contributed by atoms with E-state index < -0.39 is 40.2 Å². The summed E-state index contributed by atoms with van der Waals surface area (Å²) in [5, 5.41) is -0.115.